The maximum absolute atomic E-state index is 10.0. The number of rotatable bonds is 8. The van der Waals surface area contributed by atoms with Crippen molar-refractivity contribution in [2.75, 3.05) is 6.54 Å². The van der Waals surface area contributed by atoms with Gasteiger partial charge in [0, 0.05) is 6.42 Å². The van der Waals surface area contributed by atoms with E-state index in [1.165, 1.54) is 6.92 Å². The molecule has 0 aromatic heterocycles. The highest BCUT2D eigenvalue weighted by atomic mass is 16.4. The molecule has 0 radical (unpaired) electrons. The largest absolute Gasteiger partial charge is 0.481 e. The Kier molecular flexibility index (Phi) is 23.2. The first-order chi connectivity index (χ1) is 13.0. The third kappa shape index (κ3) is 33.2. The molecule has 0 heterocycles. The summed E-state index contributed by atoms with van der Waals surface area (Å²) in [5.41, 5.74) is 19.6. The van der Waals surface area contributed by atoms with Gasteiger partial charge in [0.1, 0.15) is 18.1 Å². The molecule has 0 aliphatic heterocycles. The highest BCUT2D eigenvalue weighted by molar-refractivity contribution is 5.74. The van der Waals surface area contributed by atoms with E-state index < -0.39 is 48.0 Å². The molecule has 0 amide bonds. The van der Waals surface area contributed by atoms with Crippen LogP contribution in [-0.2, 0) is 24.0 Å². The second-order valence-electron chi connectivity index (χ2n) is 5.71. The van der Waals surface area contributed by atoms with Crippen molar-refractivity contribution < 1.29 is 49.5 Å². The molecule has 172 valence electrons. The van der Waals surface area contributed by atoms with Gasteiger partial charge in [-0.15, -0.1) is 0 Å². The van der Waals surface area contributed by atoms with Gasteiger partial charge in [-0.05, 0) is 19.3 Å². The zero-order valence-electron chi connectivity index (χ0n) is 16.5. The molecule has 14 nitrogen and oxygen atoms in total. The lowest BCUT2D eigenvalue weighted by atomic mass is 10.1. The molecule has 14 heteroatoms. The van der Waals surface area contributed by atoms with E-state index in [9.17, 15) is 24.0 Å². The smallest absolute Gasteiger partial charge is 0.320 e. The van der Waals surface area contributed by atoms with Crippen LogP contribution in [-0.4, -0.2) is 80.0 Å². The van der Waals surface area contributed by atoms with E-state index in [1.807, 2.05) is 0 Å². The van der Waals surface area contributed by atoms with E-state index in [2.05, 4.69) is 5.73 Å². The summed E-state index contributed by atoms with van der Waals surface area (Å²) in [5.74, 6) is -5.04. The van der Waals surface area contributed by atoms with Gasteiger partial charge in [-0.3, -0.25) is 24.0 Å². The van der Waals surface area contributed by atoms with E-state index in [4.69, 9.17) is 42.7 Å². The van der Waals surface area contributed by atoms with Crippen molar-refractivity contribution in [3.05, 3.63) is 0 Å². The van der Waals surface area contributed by atoms with Crippen LogP contribution in [0, 0.1) is 5.92 Å². The number of aliphatic carboxylic acids is 5. The van der Waals surface area contributed by atoms with E-state index in [0.29, 0.717) is 0 Å². The second kappa shape index (κ2) is 19.9. The Morgan fingerprint density at radius 2 is 1.07 bits per heavy atom. The topological polar surface area (TPSA) is 291 Å². The Labute approximate surface area is 167 Å². The van der Waals surface area contributed by atoms with Crippen molar-refractivity contribution in [1.82, 2.24) is 0 Å². The lowest BCUT2D eigenvalue weighted by Crippen LogP contribution is -2.34. The fraction of sp³-hybridized carbons (Fsp3) is 0.667. The van der Waals surface area contributed by atoms with E-state index >= 15 is 0 Å². The molecule has 29 heavy (non-hydrogen) atoms. The van der Waals surface area contributed by atoms with Crippen molar-refractivity contribution >= 4 is 29.8 Å². The number of carboxylic acid groups (broad SMARTS) is 5. The van der Waals surface area contributed by atoms with E-state index in [1.54, 1.807) is 13.8 Å². The summed E-state index contributed by atoms with van der Waals surface area (Å²) in [7, 11) is 0. The Hall–Kier alpha value is -2.81. The fourth-order valence-corrected chi connectivity index (χ4v) is 0.688. The molecular formula is C15H32N4O10. The predicted molar refractivity (Wildman–Crippen MR) is 101 cm³/mol. The molecule has 0 fully saturated rings. The number of hydrogen-bond acceptors (Lipinski definition) is 9. The molecule has 0 aliphatic rings. The van der Waals surface area contributed by atoms with Gasteiger partial charge in [-0.2, -0.15) is 0 Å². The Balaban J connectivity index is -0.000000149. The van der Waals surface area contributed by atoms with Gasteiger partial charge in [0.05, 0.1) is 6.54 Å². The molecule has 0 aliphatic carbocycles. The standard InChI is InChI=1S/C5H9NO4.C5H11NO2.C3H7NO2.C2H5NO2/c6-3(5(9)10)1-2-4(7)8;1-3(2)4(6)5(7)8;1-2(4)3(5)6;3-1-2(4)5/h3H,1-2,6H2,(H,7,8)(H,9,10);3-4H,6H2,1-2H3,(H,7,8);2H,4H2,1H3,(H,5,6);1,3H2,(H,4,5)/t3-;4-;2-;/m000./s1. The van der Waals surface area contributed by atoms with Crippen LogP contribution >= 0.6 is 0 Å². The number of carboxylic acids is 5. The maximum atomic E-state index is 10.0. The quantitative estimate of drug-likeness (QED) is 0.197. The lowest BCUT2D eigenvalue weighted by Gasteiger charge is -2.07. The molecule has 13 N–H and O–H groups in total. The van der Waals surface area contributed by atoms with Crippen molar-refractivity contribution in [3.8, 4) is 0 Å². The predicted octanol–water partition coefficient (Wildman–Crippen LogP) is -2.23. The van der Waals surface area contributed by atoms with Gasteiger partial charge in [-0.25, -0.2) is 0 Å². The summed E-state index contributed by atoms with van der Waals surface area (Å²) >= 11 is 0. The monoisotopic (exact) mass is 428 g/mol. The number of carbonyl (C=O) groups is 5. The average Bonchev–Trinajstić information content (AvgIpc) is 2.59. The van der Waals surface area contributed by atoms with Crippen LogP contribution < -0.4 is 22.9 Å². The molecule has 0 rings (SSSR count). The lowest BCUT2D eigenvalue weighted by molar-refractivity contribution is -0.141. The minimum absolute atomic E-state index is 0.0208. The van der Waals surface area contributed by atoms with Gasteiger partial charge < -0.3 is 48.5 Å². The summed E-state index contributed by atoms with van der Waals surface area (Å²) < 4.78 is 0. The molecule has 0 bridgehead atoms. The van der Waals surface area contributed by atoms with Crippen LogP contribution in [0.15, 0.2) is 0 Å². The SMILES string of the molecule is CC(C)[C@H](N)C(=O)O.C[C@H](N)C(=O)O.NCC(=O)O.N[C@@H](CCC(=O)O)C(=O)O. The van der Waals surface area contributed by atoms with Gasteiger partial charge in [0.2, 0.25) is 0 Å². The van der Waals surface area contributed by atoms with Crippen molar-refractivity contribution in [2.24, 2.45) is 28.9 Å². The second-order valence-corrected chi connectivity index (χ2v) is 5.71. The van der Waals surface area contributed by atoms with Gasteiger partial charge >= 0.3 is 29.8 Å². The minimum atomic E-state index is -1.17. The summed E-state index contributed by atoms with van der Waals surface area (Å²) in [5, 5.41) is 40.0. The summed E-state index contributed by atoms with van der Waals surface area (Å²) in [6, 6.07) is -2.50. The zero-order valence-corrected chi connectivity index (χ0v) is 16.5. The Bertz CT molecular complexity index is 511. The van der Waals surface area contributed by atoms with Crippen molar-refractivity contribution in [3.63, 3.8) is 0 Å². The summed E-state index contributed by atoms with van der Waals surface area (Å²) in [4.78, 5) is 48.7. The molecular weight excluding hydrogens is 396 g/mol. The zero-order chi connectivity index (χ0) is 24.3. The third-order valence-corrected chi connectivity index (χ3v) is 2.55. The first-order valence-electron chi connectivity index (χ1n) is 8.09. The van der Waals surface area contributed by atoms with Crippen LogP contribution in [0.1, 0.15) is 33.6 Å². The summed E-state index contributed by atoms with van der Waals surface area (Å²) in [6.45, 7) is 4.69. The fourth-order valence-electron chi connectivity index (χ4n) is 0.688. The first-order valence-corrected chi connectivity index (χ1v) is 8.09. The third-order valence-electron chi connectivity index (χ3n) is 2.55. The molecule has 0 aromatic rings. The van der Waals surface area contributed by atoms with Gasteiger partial charge in [-0.1, -0.05) is 13.8 Å². The maximum Gasteiger partial charge on any atom is 0.320 e. The molecule has 0 spiro atoms. The minimum Gasteiger partial charge on any atom is -0.481 e. The number of hydrogen-bond donors (Lipinski definition) is 9. The van der Waals surface area contributed by atoms with E-state index in [-0.39, 0.29) is 25.3 Å². The Morgan fingerprint density at radius 1 is 0.724 bits per heavy atom. The van der Waals surface area contributed by atoms with Gasteiger partial charge in [0.15, 0.2) is 0 Å². The first kappa shape index (κ1) is 33.8. The van der Waals surface area contributed by atoms with Crippen molar-refractivity contribution in [1.29, 1.82) is 0 Å². The van der Waals surface area contributed by atoms with Crippen molar-refractivity contribution in [2.45, 2.75) is 51.7 Å². The Morgan fingerprint density at radius 3 is 1.17 bits per heavy atom. The van der Waals surface area contributed by atoms with Gasteiger partial charge in [0.25, 0.3) is 0 Å². The molecule has 0 unspecified atom stereocenters. The summed E-state index contributed by atoms with van der Waals surface area (Å²) in [6.07, 6.45) is -0.224. The van der Waals surface area contributed by atoms with Crippen LogP contribution in [0.4, 0.5) is 0 Å². The molecule has 3 atom stereocenters. The van der Waals surface area contributed by atoms with Crippen LogP contribution in [0.2, 0.25) is 0 Å². The molecule has 0 aromatic carbocycles. The van der Waals surface area contributed by atoms with Crippen LogP contribution in [0.5, 0.6) is 0 Å². The van der Waals surface area contributed by atoms with Crippen LogP contribution in [0.3, 0.4) is 0 Å². The molecule has 0 saturated heterocycles. The average molecular weight is 428 g/mol. The highest BCUT2D eigenvalue weighted by Gasteiger charge is 2.14. The van der Waals surface area contributed by atoms with Crippen LogP contribution in [0.25, 0.3) is 0 Å². The normalized spacial score (nSPS) is 12.3. The highest BCUT2D eigenvalue weighted by Crippen LogP contribution is 1.96. The number of nitrogens with two attached hydrogens (primary N) is 4. The van der Waals surface area contributed by atoms with E-state index in [0.717, 1.165) is 0 Å². The molecule has 0 saturated carbocycles.